The third-order valence-electron chi connectivity index (χ3n) is 4.27. The molecule has 1 aromatic carbocycles. The SMILES string of the molecule is CN=C(NCc1noc(C(C)(C)C)n1)N(C)CCc1ccc(OC)c(OC)c1. The number of aliphatic imine (C=N–C) groups is 1. The number of hydrogen-bond donors (Lipinski definition) is 1. The van der Waals surface area contributed by atoms with Crippen molar-refractivity contribution in [3.8, 4) is 11.5 Å². The smallest absolute Gasteiger partial charge is 0.232 e. The van der Waals surface area contributed by atoms with Crippen LogP contribution in [0.4, 0.5) is 0 Å². The van der Waals surface area contributed by atoms with Gasteiger partial charge in [-0.15, -0.1) is 0 Å². The Bertz CT molecular complexity index is 795. The number of benzene rings is 1. The summed E-state index contributed by atoms with van der Waals surface area (Å²) in [7, 11) is 7.02. The topological polar surface area (TPSA) is 85.0 Å². The van der Waals surface area contributed by atoms with Gasteiger partial charge in [0.2, 0.25) is 5.89 Å². The summed E-state index contributed by atoms with van der Waals surface area (Å²) < 4.78 is 16.0. The molecule has 8 heteroatoms. The molecule has 154 valence electrons. The van der Waals surface area contributed by atoms with E-state index in [0.29, 0.717) is 18.3 Å². The van der Waals surface area contributed by atoms with E-state index >= 15 is 0 Å². The van der Waals surface area contributed by atoms with Crippen molar-refractivity contribution < 1.29 is 14.0 Å². The van der Waals surface area contributed by atoms with Crippen LogP contribution in [0.3, 0.4) is 0 Å². The van der Waals surface area contributed by atoms with Crippen LogP contribution in [0.5, 0.6) is 11.5 Å². The number of nitrogens with one attached hydrogen (secondary N) is 1. The first kappa shape index (κ1) is 21.5. The van der Waals surface area contributed by atoms with Gasteiger partial charge in [0.1, 0.15) is 0 Å². The van der Waals surface area contributed by atoms with Crippen molar-refractivity contribution in [2.24, 2.45) is 4.99 Å². The van der Waals surface area contributed by atoms with Gasteiger partial charge in [-0.05, 0) is 24.1 Å². The van der Waals surface area contributed by atoms with Gasteiger partial charge in [0.05, 0.1) is 20.8 Å². The molecule has 1 aromatic heterocycles. The van der Waals surface area contributed by atoms with Crippen LogP contribution in [0, 0.1) is 0 Å². The number of hydrogen-bond acceptors (Lipinski definition) is 6. The normalized spacial score (nSPS) is 12.0. The molecule has 8 nitrogen and oxygen atoms in total. The molecule has 0 aliphatic carbocycles. The molecule has 28 heavy (non-hydrogen) atoms. The second-order valence-electron chi connectivity index (χ2n) is 7.53. The Kier molecular flexibility index (Phi) is 7.25. The summed E-state index contributed by atoms with van der Waals surface area (Å²) in [4.78, 5) is 10.8. The van der Waals surface area contributed by atoms with Crippen molar-refractivity contribution in [2.75, 3.05) is 34.9 Å². The van der Waals surface area contributed by atoms with Crippen molar-refractivity contribution in [1.82, 2.24) is 20.4 Å². The van der Waals surface area contributed by atoms with E-state index in [1.165, 1.54) is 0 Å². The van der Waals surface area contributed by atoms with Crippen LogP contribution in [0.1, 0.15) is 38.0 Å². The summed E-state index contributed by atoms with van der Waals surface area (Å²) in [6, 6.07) is 5.96. The van der Waals surface area contributed by atoms with Crippen molar-refractivity contribution in [3.05, 3.63) is 35.5 Å². The van der Waals surface area contributed by atoms with Crippen LogP contribution in [0.25, 0.3) is 0 Å². The number of nitrogens with zero attached hydrogens (tertiary/aromatic N) is 4. The average molecular weight is 390 g/mol. The molecule has 1 N–H and O–H groups in total. The molecule has 1 heterocycles. The Morgan fingerprint density at radius 3 is 2.50 bits per heavy atom. The zero-order chi connectivity index (χ0) is 20.7. The molecular weight excluding hydrogens is 358 g/mol. The number of guanidine groups is 1. The quantitative estimate of drug-likeness (QED) is 0.575. The summed E-state index contributed by atoms with van der Waals surface area (Å²) >= 11 is 0. The third kappa shape index (κ3) is 5.61. The van der Waals surface area contributed by atoms with Gasteiger partial charge in [0.15, 0.2) is 23.3 Å². The highest BCUT2D eigenvalue weighted by Gasteiger charge is 2.21. The van der Waals surface area contributed by atoms with Gasteiger partial charge in [0, 0.05) is 26.1 Å². The summed E-state index contributed by atoms with van der Waals surface area (Å²) in [5.74, 6) is 3.46. The zero-order valence-corrected chi connectivity index (χ0v) is 17.9. The lowest BCUT2D eigenvalue weighted by molar-refractivity contribution is 0.318. The van der Waals surface area contributed by atoms with Crippen molar-refractivity contribution in [1.29, 1.82) is 0 Å². The highest BCUT2D eigenvalue weighted by Crippen LogP contribution is 2.27. The van der Waals surface area contributed by atoms with Crippen LogP contribution in [-0.2, 0) is 18.4 Å². The van der Waals surface area contributed by atoms with E-state index in [1.807, 2.05) is 46.0 Å². The second-order valence-corrected chi connectivity index (χ2v) is 7.53. The molecule has 2 aromatic rings. The highest BCUT2D eigenvalue weighted by atomic mass is 16.5. The lowest BCUT2D eigenvalue weighted by Crippen LogP contribution is -2.39. The van der Waals surface area contributed by atoms with Gasteiger partial charge < -0.3 is 24.2 Å². The predicted molar refractivity (Wildman–Crippen MR) is 109 cm³/mol. The molecular formula is C20H31N5O3. The number of ether oxygens (including phenoxy) is 2. The fourth-order valence-corrected chi connectivity index (χ4v) is 2.61. The fourth-order valence-electron chi connectivity index (χ4n) is 2.61. The first-order valence-corrected chi connectivity index (χ1v) is 9.24. The summed E-state index contributed by atoms with van der Waals surface area (Å²) in [5, 5.41) is 7.30. The van der Waals surface area contributed by atoms with Crippen LogP contribution in [0.15, 0.2) is 27.7 Å². The Labute approximate surface area is 166 Å². The van der Waals surface area contributed by atoms with E-state index in [9.17, 15) is 0 Å². The van der Waals surface area contributed by atoms with Gasteiger partial charge in [-0.1, -0.05) is 32.0 Å². The first-order chi connectivity index (χ1) is 13.3. The average Bonchev–Trinajstić information content (AvgIpc) is 3.16. The maximum absolute atomic E-state index is 5.37. The lowest BCUT2D eigenvalue weighted by Gasteiger charge is -2.21. The summed E-state index contributed by atoms with van der Waals surface area (Å²) in [6.45, 7) is 7.36. The molecule has 0 saturated carbocycles. The van der Waals surface area contributed by atoms with E-state index in [1.54, 1.807) is 21.3 Å². The van der Waals surface area contributed by atoms with Crippen LogP contribution < -0.4 is 14.8 Å². The molecule has 2 rings (SSSR count). The molecule has 0 spiro atoms. The monoisotopic (exact) mass is 389 g/mol. The molecule has 0 bridgehead atoms. The van der Waals surface area contributed by atoms with Crippen molar-refractivity contribution >= 4 is 5.96 Å². The third-order valence-corrected chi connectivity index (χ3v) is 4.27. The van der Waals surface area contributed by atoms with Crippen molar-refractivity contribution in [3.63, 3.8) is 0 Å². The molecule has 0 unspecified atom stereocenters. The predicted octanol–water partition coefficient (Wildman–Crippen LogP) is 2.63. The number of rotatable bonds is 7. The van der Waals surface area contributed by atoms with Gasteiger partial charge in [0.25, 0.3) is 0 Å². The van der Waals surface area contributed by atoms with E-state index in [4.69, 9.17) is 14.0 Å². The first-order valence-electron chi connectivity index (χ1n) is 9.24. The number of likely N-dealkylation sites (N-methyl/N-ethyl adjacent to an activating group) is 1. The van der Waals surface area contributed by atoms with Crippen molar-refractivity contribution in [2.45, 2.75) is 39.2 Å². The van der Waals surface area contributed by atoms with Crippen LogP contribution >= 0.6 is 0 Å². The van der Waals surface area contributed by atoms with Crippen LogP contribution in [-0.4, -0.2) is 55.9 Å². The minimum atomic E-state index is -0.164. The Hall–Kier alpha value is -2.77. The minimum Gasteiger partial charge on any atom is -0.493 e. The Morgan fingerprint density at radius 2 is 1.93 bits per heavy atom. The highest BCUT2D eigenvalue weighted by molar-refractivity contribution is 5.79. The van der Waals surface area contributed by atoms with Gasteiger partial charge in [-0.2, -0.15) is 4.98 Å². The minimum absolute atomic E-state index is 0.164. The lowest BCUT2D eigenvalue weighted by atomic mass is 9.97. The number of aromatic nitrogens is 2. The van der Waals surface area contributed by atoms with Crippen LogP contribution in [0.2, 0.25) is 0 Å². The van der Waals surface area contributed by atoms with E-state index < -0.39 is 0 Å². The van der Waals surface area contributed by atoms with Gasteiger partial charge >= 0.3 is 0 Å². The second kappa shape index (κ2) is 9.43. The van der Waals surface area contributed by atoms with Gasteiger partial charge in [-0.3, -0.25) is 4.99 Å². The molecule has 0 aliphatic rings. The largest absolute Gasteiger partial charge is 0.493 e. The Morgan fingerprint density at radius 1 is 1.21 bits per heavy atom. The molecule has 0 amide bonds. The molecule has 0 radical (unpaired) electrons. The molecule has 0 fully saturated rings. The molecule has 0 saturated heterocycles. The Balaban J connectivity index is 1.91. The maximum atomic E-state index is 5.37. The van der Waals surface area contributed by atoms with E-state index in [-0.39, 0.29) is 5.41 Å². The summed E-state index contributed by atoms with van der Waals surface area (Å²) in [6.07, 6.45) is 0.841. The van der Waals surface area contributed by atoms with E-state index in [2.05, 4.69) is 25.3 Å². The molecule has 0 atom stereocenters. The molecule has 0 aliphatic heterocycles. The van der Waals surface area contributed by atoms with E-state index in [0.717, 1.165) is 36.0 Å². The summed E-state index contributed by atoms with van der Waals surface area (Å²) in [5.41, 5.74) is 0.997. The van der Waals surface area contributed by atoms with Gasteiger partial charge in [-0.25, -0.2) is 0 Å². The standard InChI is InChI=1S/C20H31N5O3/c1-20(2,3)18-23-17(24-28-18)13-22-19(21-4)25(5)11-10-14-8-9-15(26-6)16(12-14)27-7/h8-9,12H,10-11,13H2,1-7H3,(H,21,22). The maximum Gasteiger partial charge on any atom is 0.232 e. The number of methoxy groups -OCH3 is 2. The zero-order valence-electron chi connectivity index (χ0n) is 17.9. The fraction of sp³-hybridized carbons (Fsp3) is 0.550.